The highest BCUT2D eigenvalue weighted by Gasteiger charge is 2.32. The van der Waals surface area contributed by atoms with E-state index in [1.165, 1.54) is 18.2 Å². The number of aliphatic hydroxyl groups is 1. The molecular formula is C11H13F3O4S. The van der Waals surface area contributed by atoms with Gasteiger partial charge in [-0.2, -0.15) is 0 Å². The Morgan fingerprint density at radius 3 is 2.42 bits per heavy atom. The summed E-state index contributed by atoms with van der Waals surface area (Å²) >= 11 is 0. The Bertz CT molecular complexity index is 525. The Kier molecular flexibility index (Phi) is 4.81. The molecule has 4 nitrogen and oxygen atoms in total. The van der Waals surface area contributed by atoms with Gasteiger partial charge < -0.3 is 9.84 Å². The van der Waals surface area contributed by atoms with Crippen molar-refractivity contribution in [3.8, 4) is 5.75 Å². The molecule has 1 aromatic rings. The average Bonchev–Trinajstić information content (AvgIpc) is 2.23. The van der Waals surface area contributed by atoms with Gasteiger partial charge in [-0.25, -0.2) is 8.42 Å². The summed E-state index contributed by atoms with van der Waals surface area (Å²) in [6.07, 6.45) is -5.42. The van der Waals surface area contributed by atoms with E-state index in [9.17, 15) is 26.7 Å². The van der Waals surface area contributed by atoms with Crippen molar-refractivity contribution >= 4 is 9.84 Å². The molecule has 0 amide bonds. The molecule has 8 heteroatoms. The summed E-state index contributed by atoms with van der Waals surface area (Å²) < 4.78 is 62.2. The standard InChI is InChI=1S/C11H13F3O4S/c1-19(16,17)7-6-9(15)8-4-2-3-5-10(8)18-11(12,13)14/h2-5,9,15H,6-7H2,1H3. The Morgan fingerprint density at radius 2 is 1.89 bits per heavy atom. The Morgan fingerprint density at radius 1 is 1.32 bits per heavy atom. The van der Waals surface area contributed by atoms with Crippen LogP contribution in [0.4, 0.5) is 13.2 Å². The number of sulfone groups is 1. The van der Waals surface area contributed by atoms with Crippen molar-refractivity contribution in [3.63, 3.8) is 0 Å². The van der Waals surface area contributed by atoms with Crippen molar-refractivity contribution in [2.75, 3.05) is 12.0 Å². The maximum Gasteiger partial charge on any atom is 0.573 e. The molecule has 0 heterocycles. The average molecular weight is 298 g/mol. The number of para-hydroxylation sites is 1. The SMILES string of the molecule is CS(=O)(=O)CCC(O)c1ccccc1OC(F)(F)F. The predicted octanol–water partition coefficient (Wildman–Crippen LogP) is 2.05. The van der Waals surface area contributed by atoms with Crippen LogP contribution in [0.15, 0.2) is 24.3 Å². The van der Waals surface area contributed by atoms with Crippen LogP contribution in [0.2, 0.25) is 0 Å². The fraction of sp³-hybridized carbons (Fsp3) is 0.455. The molecule has 0 aromatic heterocycles. The van der Waals surface area contributed by atoms with Crippen molar-refractivity contribution in [1.29, 1.82) is 0 Å². The summed E-state index contributed by atoms with van der Waals surface area (Å²) in [7, 11) is -3.30. The van der Waals surface area contributed by atoms with Crippen LogP contribution in [0.3, 0.4) is 0 Å². The van der Waals surface area contributed by atoms with Gasteiger partial charge in [-0.05, 0) is 12.5 Å². The van der Waals surface area contributed by atoms with E-state index in [1.54, 1.807) is 0 Å². The van der Waals surface area contributed by atoms with Gasteiger partial charge in [0.05, 0.1) is 11.9 Å². The van der Waals surface area contributed by atoms with Crippen molar-refractivity contribution in [3.05, 3.63) is 29.8 Å². The number of ether oxygens (including phenoxy) is 1. The van der Waals surface area contributed by atoms with Gasteiger partial charge in [-0.3, -0.25) is 0 Å². The number of halogens is 3. The molecule has 0 aliphatic carbocycles. The first-order chi connectivity index (χ1) is 8.58. The zero-order valence-corrected chi connectivity index (χ0v) is 10.8. The van der Waals surface area contributed by atoms with Gasteiger partial charge in [-0.1, -0.05) is 18.2 Å². The van der Waals surface area contributed by atoms with Crippen LogP contribution in [0.5, 0.6) is 5.75 Å². The van der Waals surface area contributed by atoms with Gasteiger partial charge in [0.1, 0.15) is 15.6 Å². The van der Waals surface area contributed by atoms with Gasteiger partial charge >= 0.3 is 6.36 Å². The van der Waals surface area contributed by atoms with Gasteiger partial charge in [0.2, 0.25) is 0 Å². The van der Waals surface area contributed by atoms with E-state index in [-0.39, 0.29) is 17.7 Å². The lowest BCUT2D eigenvalue weighted by atomic mass is 10.1. The Labute approximate surface area is 108 Å². The number of benzene rings is 1. The fourth-order valence-corrected chi connectivity index (χ4v) is 2.11. The van der Waals surface area contributed by atoms with Gasteiger partial charge in [-0.15, -0.1) is 13.2 Å². The summed E-state index contributed by atoms with van der Waals surface area (Å²) in [4.78, 5) is 0. The Balaban J connectivity index is 2.87. The zero-order valence-electron chi connectivity index (χ0n) is 10.0. The quantitative estimate of drug-likeness (QED) is 0.903. The number of alkyl halides is 3. The highest BCUT2D eigenvalue weighted by molar-refractivity contribution is 7.90. The van der Waals surface area contributed by atoms with Crippen molar-refractivity contribution in [2.45, 2.75) is 18.9 Å². The van der Waals surface area contributed by atoms with E-state index < -0.39 is 28.1 Å². The van der Waals surface area contributed by atoms with E-state index in [2.05, 4.69) is 4.74 Å². The second-order valence-corrected chi connectivity index (χ2v) is 6.28. The van der Waals surface area contributed by atoms with Crippen LogP contribution < -0.4 is 4.74 Å². The van der Waals surface area contributed by atoms with E-state index >= 15 is 0 Å². The molecule has 0 radical (unpaired) electrons. The number of hydrogen-bond donors (Lipinski definition) is 1. The molecule has 0 saturated heterocycles. The van der Waals surface area contributed by atoms with Crippen LogP contribution in [0.25, 0.3) is 0 Å². The third-order valence-corrected chi connectivity index (χ3v) is 3.24. The first-order valence-electron chi connectivity index (χ1n) is 5.29. The summed E-state index contributed by atoms with van der Waals surface area (Å²) in [5.41, 5.74) is -0.0940. The summed E-state index contributed by atoms with van der Waals surface area (Å²) in [6, 6.07) is 5.08. The fourth-order valence-electron chi connectivity index (χ4n) is 1.45. The molecule has 1 unspecified atom stereocenters. The van der Waals surface area contributed by atoms with Crippen LogP contribution in [-0.4, -0.2) is 31.9 Å². The van der Waals surface area contributed by atoms with E-state index in [0.29, 0.717) is 0 Å². The largest absolute Gasteiger partial charge is 0.573 e. The third kappa shape index (κ3) is 5.93. The first kappa shape index (κ1) is 15.8. The molecule has 1 atom stereocenters. The second kappa shape index (κ2) is 5.79. The van der Waals surface area contributed by atoms with Crippen molar-refractivity contribution in [1.82, 2.24) is 0 Å². The lowest BCUT2D eigenvalue weighted by Gasteiger charge is -2.16. The lowest BCUT2D eigenvalue weighted by Crippen LogP contribution is -2.19. The highest BCUT2D eigenvalue weighted by Crippen LogP contribution is 2.31. The zero-order chi connectivity index (χ0) is 14.7. The first-order valence-corrected chi connectivity index (χ1v) is 7.35. The maximum absolute atomic E-state index is 12.2. The molecule has 0 aliphatic heterocycles. The van der Waals surface area contributed by atoms with Crippen molar-refractivity contribution in [2.24, 2.45) is 0 Å². The molecule has 108 valence electrons. The van der Waals surface area contributed by atoms with E-state index in [1.807, 2.05) is 0 Å². The van der Waals surface area contributed by atoms with Crippen molar-refractivity contribution < 1.29 is 31.4 Å². The minimum absolute atomic E-state index is 0.0940. The molecule has 19 heavy (non-hydrogen) atoms. The van der Waals surface area contributed by atoms with Gasteiger partial charge in [0.15, 0.2) is 0 Å². The topological polar surface area (TPSA) is 63.6 Å². The van der Waals surface area contributed by atoms with Crippen LogP contribution >= 0.6 is 0 Å². The van der Waals surface area contributed by atoms with Gasteiger partial charge in [0.25, 0.3) is 0 Å². The molecule has 1 rings (SSSR count). The summed E-state index contributed by atoms with van der Waals surface area (Å²) in [5.74, 6) is -0.856. The predicted molar refractivity (Wildman–Crippen MR) is 62.4 cm³/mol. The minimum atomic E-state index is -4.87. The number of hydrogen-bond acceptors (Lipinski definition) is 4. The minimum Gasteiger partial charge on any atom is -0.405 e. The molecule has 0 spiro atoms. The highest BCUT2D eigenvalue weighted by atomic mass is 32.2. The molecule has 0 bridgehead atoms. The maximum atomic E-state index is 12.2. The van der Waals surface area contributed by atoms with E-state index in [0.717, 1.165) is 12.3 Å². The summed E-state index contributed by atoms with van der Waals surface area (Å²) in [6.45, 7) is 0. The third-order valence-electron chi connectivity index (χ3n) is 2.27. The molecule has 0 fully saturated rings. The molecule has 1 N–H and O–H groups in total. The van der Waals surface area contributed by atoms with E-state index in [4.69, 9.17) is 0 Å². The second-order valence-electron chi connectivity index (χ2n) is 4.02. The van der Waals surface area contributed by atoms with Crippen LogP contribution in [0, 0.1) is 0 Å². The normalized spacial score (nSPS) is 14.2. The molecular weight excluding hydrogens is 285 g/mol. The van der Waals surface area contributed by atoms with Crippen LogP contribution in [-0.2, 0) is 9.84 Å². The molecule has 0 aliphatic rings. The van der Waals surface area contributed by atoms with Crippen LogP contribution in [0.1, 0.15) is 18.1 Å². The summed E-state index contributed by atoms with van der Waals surface area (Å²) in [5, 5.41) is 9.75. The molecule has 0 saturated carbocycles. The smallest absolute Gasteiger partial charge is 0.405 e. The molecule has 1 aromatic carbocycles. The Hall–Kier alpha value is -1.28. The number of rotatable bonds is 5. The number of aliphatic hydroxyl groups excluding tert-OH is 1. The monoisotopic (exact) mass is 298 g/mol. The lowest BCUT2D eigenvalue weighted by molar-refractivity contribution is -0.275. The van der Waals surface area contributed by atoms with Gasteiger partial charge in [0, 0.05) is 11.8 Å².